The van der Waals surface area contributed by atoms with Crippen molar-refractivity contribution in [3.8, 4) is 0 Å². The number of hydrogen-bond acceptors (Lipinski definition) is 6. The minimum atomic E-state index is -0.945. The van der Waals surface area contributed by atoms with Crippen LogP contribution < -0.4 is 0 Å². The molecule has 8 bridgehead atoms. The molecule has 0 aromatic rings. The van der Waals surface area contributed by atoms with E-state index < -0.39 is 30.0 Å². The van der Waals surface area contributed by atoms with Gasteiger partial charge in [-0.1, -0.05) is 12.2 Å². The average molecular weight is 414 g/mol. The first-order valence-electron chi connectivity index (χ1n) is 11.7. The lowest BCUT2D eigenvalue weighted by Crippen LogP contribution is -2.55. The standard InChI is InChI=1S/C23H26O7/c24-21(25)15-16(22(26)30-23-5-3-8(7-23)4-6-23)20-14-13(19(15)29-20)17-11-9-1-2-10(27-9)12(11)18(14)28-17/h1-2,8-20H,3-7H2,(H,24,25). The van der Waals surface area contributed by atoms with E-state index in [1.807, 2.05) is 0 Å². The third-order valence-electron chi connectivity index (χ3n) is 10.0. The summed E-state index contributed by atoms with van der Waals surface area (Å²) in [7, 11) is 0. The first-order chi connectivity index (χ1) is 14.5. The summed E-state index contributed by atoms with van der Waals surface area (Å²) < 4.78 is 25.0. The Balaban J connectivity index is 1.13. The van der Waals surface area contributed by atoms with Gasteiger partial charge in [0, 0.05) is 23.7 Å². The smallest absolute Gasteiger partial charge is 0.313 e. The predicted molar refractivity (Wildman–Crippen MR) is 99.1 cm³/mol. The molecule has 12 atom stereocenters. The molecule has 160 valence electrons. The molecular weight excluding hydrogens is 388 g/mol. The van der Waals surface area contributed by atoms with E-state index in [1.54, 1.807) is 0 Å². The Labute approximate surface area is 174 Å². The summed E-state index contributed by atoms with van der Waals surface area (Å²) in [5.41, 5.74) is -0.356. The Hall–Kier alpha value is -1.44. The summed E-state index contributed by atoms with van der Waals surface area (Å²) in [6, 6.07) is 0. The number of fused-ring (bicyclic) bond motifs is 18. The molecule has 0 aromatic heterocycles. The van der Waals surface area contributed by atoms with Crippen molar-refractivity contribution in [2.75, 3.05) is 0 Å². The molecule has 1 N–H and O–H groups in total. The summed E-state index contributed by atoms with van der Waals surface area (Å²) in [5, 5.41) is 10.1. The maximum Gasteiger partial charge on any atom is 0.313 e. The van der Waals surface area contributed by atoms with Gasteiger partial charge in [-0.15, -0.1) is 0 Å². The van der Waals surface area contributed by atoms with Gasteiger partial charge >= 0.3 is 11.9 Å². The molecule has 0 spiro atoms. The Morgan fingerprint density at radius 2 is 1.43 bits per heavy atom. The van der Waals surface area contributed by atoms with Crippen molar-refractivity contribution in [3.05, 3.63) is 12.2 Å². The molecule has 7 heteroatoms. The van der Waals surface area contributed by atoms with Gasteiger partial charge in [0.2, 0.25) is 0 Å². The SMILES string of the molecule is O=C(O)C1C2OC(C1C(=O)OC13CCC(CC1)C3)C1C3OC(C4C5C=CC(O5)C34)C21. The molecule has 8 rings (SSSR count). The summed E-state index contributed by atoms with van der Waals surface area (Å²) in [6.45, 7) is 0. The Bertz CT molecular complexity index is 875. The second-order valence-corrected chi connectivity index (χ2v) is 11.0. The van der Waals surface area contributed by atoms with E-state index in [2.05, 4.69) is 12.2 Å². The van der Waals surface area contributed by atoms with Gasteiger partial charge in [0.1, 0.15) is 5.60 Å². The Morgan fingerprint density at radius 1 is 0.833 bits per heavy atom. The van der Waals surface area contributed by atoms with Crippen LogP contribution in [0.15, 0.2) is 12.2 Å². The van der Waals surface area contributed by atoms with Crippen LogP contribution in [0.25, 0.3) is 0 Å². The van der Waals surface area contributed by atoms with Gasteiger partial charge in [0.05, 0.1) is 48.5 Å². The summed E-state index contributed by atoms with van der Waals surface area (Å²) in [4.78, 5) is 25.7. The van der Waals surface area contributed by atoms with E-state index >= 15 is 0 Å². The normalized spacial score (nSPS) is 62.3. The third-order valence-corrected chi connectivity index (χ3v) is 10.0. The number of carboxylic acids is 1. The molecule has 5 saturated heterocycles. The van der Waals surface area contributed by atoms with E-state index in [0.717, 1.165) is 32.1 Å². The molecule has 7 fully saturated rings. The fourth-order valence-electron chi connectivity index (χ4n) is 9.04. The topological polar surface area (TPSA) is 91.3 Å². The molecule has 0 amide bonds. The third kappa shape index (κ3) is 1.82. The lowest BCUT2D eigenvalue weighted by molar-refractivity contribution is -0.172. The van der Waals surface area contributed by atoms with Gasteiger partial charge in [-0.05, 0) is 38.0 Å². The van der Waals surface area contributed by atoms with Crippen LogP contribution in [0.5, 0.6) is 0 Å². The highest BCUT2D eigenvalue weighted by Gasteiger charge is 2.77. The summed E-state index contributed by atoms with van der Waals surface area (Å²) in [6.07, 6.45) is 8.52. The van der Waals surface area contributed by atoms with Crippen molar-refractivity contribution in [3.63, 3.8) is 0 Å². The highest BCUT2D eigenvalue weighted by Crippen LogP contribution is 2.67. The zero-order valence-electron chi connectivity index (χ0n) is 16.6. The van der Waals surface area contributed by atoms with Gasteiger partial charge < -0.3 is 24.1 Å². The number of aliphatic carboxylic acids is 1. The number of esters is 1. The minimum Gasteiger partial charge on any atom is -0.481 e. The number of carbonyl (C=O) groups is 2. The highest BCUT2D eigenvalue weighted by atomic mass is 16.6. The molecule has 30 heavy (non-hydrogen) atoms. The van der Waals surface area contributed by atoms with E-state index in [9.17, 15) is 14.7 Å². The fraction of sp³-hybridized carbons (Fsp3) is 0.826. The lowest BCUT2D eigenvalue weighted by Gasteiger charge is -2.41. The highest BCUT2D eigenvalue weighted by molar-refractivity contribution is 5.84. The molecule has 2 saturated carbocycles. The number of ether oxygens (including phenoxy) is 4. The Kier molecular flexibility index (Phi) is 3.03. The van der Waals surface area contributed by atoms with Crippen LogP contribution in [0.4, 0.5) is 0 Å². The van der Waals surface area contributed by atoms with Crippen molar-refractivity contribution in [2.24, 2.45) is 41.4 Å². The zero-order chi connectivity index (χ0) is 19.9. The lowest BCUT2D eigenvalue weighted by atomic mass is 9.57. The van der Waals surface area contributed by atoms with Crippen LogP contribution in [-0.4, -0.2) is 59.3 Å². The zero-order valence-corrected chi connectivity index (χ0v) is 16.6. The maximum absolute atomic E-state index is 13.4. The van der Waals surface area contributed by atoms with Gasteiger partial charge in [0.25, 0.3) is 0 Å². The van der Waals surface area contributed by atoms with E-state index in [0.29, 0.717) is 17.8 Å². The second-order valence-electron chi connectivity index (χ2n) is 11.0. The number of hydrogen-bond donors (Lipinski definition) is 1. The predicted octanol–water partition coefficient (Wildman–Crippen LogP) is 1.54. The van der Waals surface area contributed by atoms with Crippen LogP contribution in [-0.2, 0) is 28.5 Å². The molecule has 8 aliphatic rings. The molecule has 6 heterocycles. The minimum absolute atomic E-state index is 0.00880. The molecule has 7 nitrogen and oxygen atoms in total. The largest absolute Gasteiger partial charge is 0.481 e. The quantitative estimate of drug-likeness (QED) is 0.553. The monoisotopic (exact) mass is 414 g/mol. The fourth-order valence-corrected chi connectivity index (χ4v) is 9.04. The van der Waals surface area contributed by atoms with Crippen LogP contribution in [0.2, 0.25) is 0 Å². The van der Waals surface area contributed by atoms with Crippen LogP contribution in [0.3, 0.4) is 0 Å². The van der Waals surface area contributed by atoms with Crippen LogP contribution in [0.1, 0.15) is 32.1 Å². The van der Waals surface area contributed by atoms with Gasteiger partial charge in [-0.25, -0.2) is 0 Å². The van der Waals surface area contributed by atoms with Crippen LogP contribution >= 0.6 is 0 Å². The van der Waals surface area contributed by atoms with Crippen molar-refractivity contribution < 1.29 is 33.6 Å². The van der Waals surface area contributed by atoms with E-state index in [4.69, 9.17) is 18.9 Å². The van der Waals surface area contributed by atoms with Gasteiger partial charge in [0.15, 0.2) is 0 Å². The first-order valence-corrected chi connectivity index (χ1v) is 11.7. The van der Waals surface area contributed by atoms with Crippen molar-refractivity contribution in [1.82, 2.24) is 0 Å². The van der Waals surface area contributed by atoms with Crippen molar-refractivity contribution in [1.29, 1.82) is 0 Å². The number of carbonyl (C=O) groups excluding carboxylic acids is 1. The molecule has 0 radical (unpaired) electrons. The summed E-state index contributed by atoms with van der Waals surface area (Å²) in [5.74, 6) is -1.48. The van der Waals surface area contributed by atoms with Gasteiger partial charge in [-0.3, -0.25) is 9.59 Å². The number of rotatable bonds is 3. The molecule has 0 aromatic carbocycles. The summed E-state index contributed by atoms with van der Waals surface area (Å²) >= 11 is 0. The molecule has 6 aliphatic heterocycles. The molecule has 12 unspecified atom stereocenters. The number of carboxylic acid groups (broad SMARTS) is 1. The molecule has 2 aliphatic carbocycles. The first kappa shape index (κ1) is 17.2. The van der Waals surface area contributed by atoms with Gasteiger partial charge in [-0.2, -0.15) is 0 Å². The average Bonchev–Trinajstić information content (AvgIpc) is 3.54. The van der Waals surface area contributed by atoms with E-state index in [1.165, 1.54) is 0 Å². The maximum atomic E-state index is 13.4. The Morgan fingerprint density at radius 3 is 2.00 bits per heavy atom. The van der Waals surface area contributed by atoms with Crippen LogP contribution in [0, 0.1) is 41.4 Å². The van der Waals surface area contributed by atoms with E-state index in [-0.39, 0.29) is 47.8 Å². The molecular formula is C23H26O7. The second kappa shape index (κ2) is 5.30. The van der Waals surface area contributed by atoms with Crippen molar-refractivity contribution in [2.45, 2.75) is 74.3 Å². The van der Waals surface area contributed by atoms with Crippen molar-refractivity contribution >= 4 is 11.9 Å².